The van der Waals surface area contributed by atoms with Gasteiger partial charge in [-0.1, -0.05) is 175 Å². The van der Waals surface area contributed by atoms with E-state index in [0.717, 1.165) is 11.8 Å². The average molecular weight is 449 g/mol. The van der Waals surface area contributed by atoms with Gasteiger partial charge >= 0.3 is 0 Å². The van der Waals surface area contributed by atoms with Crippen molar-refractivity contribution in [3.8, 4) is 0 Å². The summed E-state index contributed by atoms with van der Waals surface area (Å²) < 4.78 is 0. The van der Waals surface area contributed by atoms with E-state index >= 15 is 0 Å². The van der Waals surface area contributed by atoms with Crippen molar-refractivity contribution in [2.24, 2.45) is 17.3 Å². The minimum Gasteiger partial charge on any atom is -0.0654 e. The Kier molecular flexibility index (Phi) is 19.1. The summed E-state index contributed by atoms with van der Waals surface area (Å²) >= 11 is 0. The predicted octanol–water partition coefficient (Wildman–Crippen LogP) is 12.1. The van der Waals surface area contributed by atoms with Crippen LogP contribution in [0.1, 0.15) is 188 Å². The van der Waals surface area contributed by atoms with Gasteiger partial charge in [0.1, 0.15) is 0 Å². The van der Waals surface area contributed by atoms with E-state index in [9.17, 15) is 0 Å². The van der Waals surface area contributed by atoms with Crippen LogP contribution in [0.25, 0.3) is 0 Å². The van der Waals surface area contributed by atoms with Gasteiger partial charge in [0.15, 0.2) is 0 Å². The lowest BCUT2D eigenvalue weighted by molar-refractivity contribution is 0.253. The molecule has 0 N–H and O–H groups in total. The van der Waals surface area contributed by atoms with Crippen molar-refractivity contribution in [2.45, 2.75) is 188 Å². The average Bonchev–Trinajstić information content (AvgIpc) is 3.56. The predicted molar refractivity (Wildman–Crippen MR) is 148 cm³/mol. The molecule has 0 radical (unpaired) electrons. The molecule has 0 aromatic rings. The first kappa shape index (κ1) is 30.0. The molecule has 0 aliphatic heterocycles. The van der Waals surface area contributed by atoms with Gasteiger partial charge in [0, 0.05) is 0 Å². The third kappa shape index (κ3) is 16.6. The fourth-order valence-electron chi connectivity index (χ4n) is 6.02. The van der Waals surface area contributed by atoms with Crippen molar-refractivity contribution in [3.63, 3.8) is 0 Å². The van der Waals surface area contributed by atoms with E-state index in [1.807, 2.05) is 0 Å². The van der Waals surface area contributed by atoms with Crippen molar-refractivity contribution < 1.29 is 0 Å². The maximum atomic E-state index is 2.57. The standard InChI is InChI=1S/C32H64/c1-5-7-9-11-13-14-15-16-17-18-19-20-21-22-24-26-28-32(3,4)31-29-30(31)27-25-23-12-10-8-6-2/h30-31H,5-29H2,1-4H3/t30-,31+/m1/s1. The molecule has 0 heterocycles. The first-order valence-electron chi connectivity index (χ1n) is 15.6. The fraction of sp³-hybridized carbons (Fsp3) is 1.00. The van der Waals surface area contributed by atoms with Crippen LogP contribution in [0, 0.1) is 17.3 Å². The van der Waals surface area contributed by atoms with E-state index in [1.165, 1.54) is 154 Å². The van der Waals surface area contributed by atoms with Crippen molar-refractivity contribution in [2.75, 3.05) is 0 Å². The van der Waals surface area contributed by atoms with Crippen molar-refractivity contribution in [1.29, 1.82) is 0 Å². The van der Waals surface area contributed by atoms with Crippen LogP contribution in [0.3, 0.4) is 0 Å². The van der Waals surface area contributed by atoms with Crippen LogP contribution in [0.4, 0.5) is 0 Å². The summed E-state index contributed by atoms with van der Waals surface area (Å²) in [5.74, 6) is 2.13. The quantitative estimate of drug-likeness (QED) is 0.122. The van der Waals surface area contributed by atoms with Gasteiger partial charge in [-0.25, -0.2) is 0 Å². The molecule has 1 aliphatic rings. The summed E-state index contributed by atoms with van der Waals surface area (Å²) in [4.78, 5) is 0. The zero-order valence-corrected chi connectivity index (χ0v) is 23.3. The molecule has 32 heavy (non-hydrogen) atoms. The SMILES string of the molecule is CCCCCCCCCCCCCCCCCCC(C)(C)[C@H]1C[C@H]1CCCCCCCC. The van der Waals surface area contributed by atoms with E-state index in [0.29, 0.717) is 5.41 Å². The Hall–Kier alpha value is 0. The number of unbranched alkanes of at least 4 members (excludes halogenated alkanes) is 20. The molecular formula is C32H64. The lowest BCUT2D eigenvalue weighted by Crippen LogP contribution is -2.15. The van der Waals surface area contributed by atoms with Crippen LogP contribution in [0.2, 0.25) is 0 Å². The molecule has 0 bridgehead atoms. The van der Waals surface area contributed by atoms with Crippen LogP contribution in [-0.4, -0.2) is 0 Å². The molecule has 0 nitrogen and oxygen atoms in total. The summed E-state index contributed by atoms with van der Waals surface area (Å²) in [6, 6.07) is 0. The summed E-state index contributed by atoms with van der Waals surface area (Å²) in [6.07, 6.45) is 36.9. The Morgan fingerprint density at radius 1 is 0.469 bits per heavy atom. The Balaban J connectivity index is 1.82. The topological polar surface area (TPSA) is 0 Å². The Bertz CT molecular complexity index is 381. The Morgan fingerprint density at radius 2 is 0.812 bits per heavy atom. The van der Waals surface area contributed by atoms with Gasteiger partial charge in [-0.05, 0) is 30.1 Å². The second-order valence-corrected chi connectivity index (χ2v) is 12.2. The minimum absolute atomic E-state index is 0.614. The summed E-state index contributed by atoms with van der Waals surface area (Å²) in [7, 11) is 0. The van der Waals surface area contributed by atoms with E-state index in [2.05, 4.69) is 27.7 Å². The second kappa shape index (κ2) is 20.4. The van der Waals surface area contributed by atoms with Crippen LogP contribution >= 0.6 is 0 Å². The molecule has 2 atom stereocenters. The molecule has 0 aromatic carbocycles. The summed E-state index contributed by atoms with van der Waals surface area (Å²) in [5, 5.41) is 0. The van der Waals surface area contributed by atoms with E-state index < -0.39 is 0 Å². The van der Waals surface area contributed by atoms with Crippen LogP contribution in [-0.2, 0) is 0 Å². The number of hydrogen-bond acceptors (Lipinski definition) is 0. The smallest absolute Gasteiger partial charge is 0.0323 e. The first-order chi connectivity index (χ1) is 15.6. The number of hydrogen-bond donors (Lipinski definition) is 0. The normalized spacial score (nSPS) is 18.4. The molecule has 1 rings (SSSR count). The highest BCUT2D eigenvalue weighted by Gasteiger charge is 2.46. The maximum Gasteiger partial charge on any atom is -0.0323 e. The fourth-order valence-corrected chi connectivity index (χ4v) is 6.02. The third-order valence-corrected chi connectivity index (χ3v) is 8.53. The first-order valence-corrected chi connectivity index (χ1v) is 15.6. The molecule has 0 amide bonds. The van der Waals surface area contributed by atoms with Gasteiger partial charge in [0.2, 0.25) is 0 Å². The van der Waals surface area contributed by atoms with E-state index in [-0.39, 0.29) is 0 Å². The zero-order chi connectivity index (χ0) is 23.3. The Morgan fingerprint density at radius 3 is 1.22 bits per heavy atom. The number of rotatable bonds is 25. The molecule has 0 unspecified atom stereocenters. The second-order valence-electron chi connectivity index (χ2n) is 12.2. The molecular weight excluding hydrogens is 384 g/mol. The molecule has 1 aliphatic carbocycles. The molecule has 0 aromatic heterocycles. The summed E-state index contributed by atoms with van der Waals surface area (Å²) in [5.41, 5.74) is 0.614. The molecule has 0 heteroatoms. The largest absolute Gasteiger partial charge is 0.0654 e. The monoisotopic (exact) mass is 449 g/mol. The van der Waals surface area contributed by atoms with Gasteiger partial charge in [-0.15, -0.1) is 0 Å². The highest BCUT2D eigenvalue weighted by atomic mass is 14.5. The zero-order valence-electron chi connectivity index (χ0n) is 23.3. The third-order valence-electron chi connectivity index (χ3n) is 8.53. The van der Waals surface area contributed by atoms with E-state index in [1.54, 1.807) is 6.42 Å². The van der Waals surface area contributed by atoms with Crippen LogP contribution < -0.4 is 0 Å². The molecule has 192 valence electrons. The van der Waals surface area contributed by atoms with Crippen molar-refractivity contribution in [3.05, 3.63) is 0 Å². The van der Waals surface area contributed by atoms with Gasteiger partial charge in [0.25, 0.3) is 0 Å². The Labute approximate surface area is 205 Å². The van der Waals surface area contributed by atoms with Gasteiger partial charge < -0.3 is 0 Å². The van der Waals surface area contributed by atoms with Gasteiger partial charge in [-0.2, -0.15) is 0 Å². The highest BCUT2D eigenvalue weighted by molar-refractivity contribution is 4.95. The van der Waals surface area contributed by atoms with Gasteiger partial charge in [0.05, 0.1) is 0 Å². The van der Waals surface area contributed by atoms with Crippen LogP contribution in [0.15, 0.2) is 0 Å². The lowest BCUT2D eigenvalue weighted by atomic mass is 9.80. The lowest BCUT2D eigenvalue weighted by Gasteiger charge is -2.25. The highest BCUT2D eigenvalue weighted by Crippen LogP contribution is 2.55. The van der Waals surface area contributed by atoms with Gasteiger partial charge in [-0.3, -0.25) is 0 Å². The molecule has 1 fully saturated rings. The molecule has 0 saturated heterocycles. The van der Waals surface area contributed by atoms with Crippen molar-refractivity contribution >= 4 is 0 Å². The maximum absolute atomic E-state index is 2.57. The minimum atomic E-state index is 0.614. The van der Waals surface area contributed by atoms with Crippen LogP contribution in [0.5, 0.6) is 0 Å². The van der Waals surface area contributed by atoms with E-state index in [4.69, 9.17) is 0 Å². The summed E-state index contributed by atoms with van der Waals surface area (Å²) in [6.45, 7) is 9.77. The molecule has 0 spiro atoms. The molecule has 1 saturated carbocycles. The van der Waals surface area contributed by atoms with Crippen molar-refractivity contribution in [1.82, 2.24) is 0 Å².